The fraction of sp³-hybridized carbons (Fsp3) is 0.133. The predicted molar refractivity (Wildman–Crippen MR) is 90.0 cm³/mol. The maximum atomic E-state index is 13.5. The van der Waals surface area contributed by atoms with Crippen LogP contribution in [0.4, 0.5) is 14.5 Å². The molecule has 1 N–H and O–H groups in total. The predicted octanol–water partition coefficient (Wildman–Crippen LogP) is 3.55. The van der Waals surface area contributed by atoms with Crippen molar-refractivity contribution >= 4 is 34.7 Å². The smallest absolute Gasteiger partial charge is 0.234 e. The summed E-state index contributed by atoms with van der Waals surface area (Å²) in [5, 5.41) is 13.1. The summed E-state index contributed by atoms with van der Waals surface area (Å²) >= 11 is 2.74. The highest BCUT2D eigenvalue weighted by Crippen LogP contribution is 2.26. The van der Waals surface area contributed by atoms with Crippen molar-refractivity contribution in [3.8, 4) is 10.7 Å². The van der Waals surface area contributed by atoms with Gasteiger partial charge in [-0.25, -0.2) is 8.78 Å². The first-order chi connectivity index (χ1) is 11.5. The van der Waals surface area contributed by atoms with E-state index in [1.165, 1.54) is 17.8 Å². The molecule has 0 unspecified atom stereocenters. The number of benzene rings is 1. The number of hydrogen-bond donors (Lipinski definition) is 1. The van der Waals surface area contributed by atoms with Crippen LogP contribution in [0.3, 0.4) is 0 Å². The van der Waals surface area contributed by atoms with Crippen LogP contribution < -0.4 is 5.32 Å². The SMILES string of the molecule is Cn1c(SCC(=O)Nc2ccc(F)cc2F)nnc1-c1cccs1. The molecule has 3 aromatic rings. The molecule has 0 bridgehead atoms. The number of aromatic nitrogens is 3. The number of thiophene rings is 1. The number of amides is 1. The lowest BCUT2D eigenvalue weighted by Crippen LogP contribution is -2.15. The van der Waals surface area contributed by atoms with Crippen molar-refractivity contribution in [3.63, 3.8) is 0 Å². The fourth-order valence-corrected chi connectivity index (χ4v) is 3.42. The summed E-state index contributed by atoms with van der Waals surface area (Å²) < 4.78 is 28.1. The molecule has 0 atom stereocenters. The zero-order valence-corrected chi connectivity index (χ0v) is 14.1. The van der Waals surface area contributed by atoms with E-state index in [1.54, 1.807) is 15.9 Å². The lowest BCUT2D eigenvalue weighted by atomic mass is 10.3. The normalized spacial score (nSPS) is 10.8. The minimum atomic E-state index is -0.813. The van der Waals surface area contributed by atoms with Crippen molar-refractivity contribution in [1.82, 2.24) is 14.8 Å². The van der Waals surface area contributed by atoms with Gasteiger partial charge in [-0.15, -0.1) is 21.5 Å². The lowest BCUT2D eigenvalue weighted by Gasteiger charge is -2.06. The molecule has 1 aromatic carbocycles. The first kappa shape index (κ1) is 16.6. The van der Waals surface area contributed by atoms with Gasteiger partial charge in [0.25, 0.3) is 0 Å². The molecular formula is C15H12F2N4OS2. The van der Waals surface area contributed by atoms with E-state index < -0.39 is 17.5 Å². The molecular weight excluding hydrogens is 354 g/mol. The van der Waals surface area contributed by atoms with E-state index in [9.17, 15) is 13.6 Å². The molecule has 2 aromatic heterocycles. The van der Waals surface area contributed by atoms with Gasteiger partial charge in [0.1, 0.15) is 11.6 Å². The molecule has 0 radical (unpaired) electrons. The number of halogens is 2. The Hall–Kier alpha value is -2.26. The van der Waals surface area contributed by atoms with Crippen molar-refractivity contribution in [3.05, 3.63) is 47.3 Å². The zero-order chi connectivity index (χ0) is 17.1. The Kier molecular flexibility index (Phi) is 4.91. The largest absolute Gasteiger partial charge is 0.323 e. The first-order valence-corrected chi connectivity index (χ1v) is 8.72. The van der Waals surface area contributed by atoms with Crippen molar-refractivity contribution in [2.45, 2.75) is 5.16 Å². The van der Waals surface area contributed by atoms with E-state index >= 15 is 0 Å². The third kappa shape index (κ3) is 3.62. The van der Waals surface area contributed by atoms with Crippen LogP contribution in [0.15, 0.2) is 40.9 Å². The minimum absolute atomic E-state index is 0.0350. The first-order valence-electron chi connectivity index (χ1n) is 6.85. The molecule has 0 fully saturated rings. The fourth-order valence-electron chi connectivity index (χ4n) is 1.97. The summed E-state index contributed by atoms with van der Waals surface area (Å²) in [5.74, 6) is -1.16. The van der Waals surface area contributed by atoms with Crippen LogP contribution in [-0.2, 0) is 11.8 Å². The maximum absolute atomic E-state index is 13.5. The molecule has 9 heteroatoms. The third-order valence-electron chi connectivity index (χ3n) is 3.11. The molecule has 3 rings (SSSR count). The highest BCUT2D eigenvalue weighted by Gasteiger charge is 2.14. The molecule has 124 valence electrons. The van der Waals surface area contributed by atoms with Crippen LogP contribution >= 0.6 is 23.1 Å². The van der Waals surface area contributed by atoms with Gasteiger partial charge >= 0.3 is 0 Å². The Morgan fingerprint density at radius 3 is 2.88 bits per heavy atom. The number of carbonyl (C=O) groups excluding carboxylic acids is 1. The van der Waals surface area contributed by atoms with Gasteiger partial charge in [-0.3, -0.25) is 4.79 Å². The van der Waals surface area contributed by atoms with Gasteiger partial charge < -0.3 is 9.88 Å². The topological polar surface area (TPSA) is 59.8 Å². The summed E-state index contributed by atoms with van der Waals surface area (Å²) in [5.41, 5.74) is -0.0563. The monoisotopic (exact) mass is 366 g/mol. The molecule has 0 saturated heterocycles. The Bertz CT molecular complexity index is 864. The Morgan fingerprint density at radius 2 is 2.17 bits per heavy atom. The molecule has 0 spiro atoms. The molecule has 0 saturated carbocycles. The second-order valence-electron chi connectivity index (χ2n) is 4.80. The van der Waals surface area contributed by atoms with E-state index in [2.05, 4.69) is 15.5 Å². The van der Waals surface area contributed by atoms with E-state index in [1.807, 2.05) is 24.6 Å². The average molecular weight is 366 g/mol. The molecule has 24 heavy (non-hydrogen) atoms. The third-order valence-corrected chi connectivity index (χ3v) is 5.00. The molecule has 0 aliphatic rings. The van der Waals surface area contributed by atoms with Crippen molar-refractivity contribution < 1.29 is 13.6 Å². The highest BCUT2D eigenvalue weighted by molar-refractivity contribution is 7.99. The summed E-state index contributed by atoms with van der Waals surface area (Å²) in [6, 6.07) is 6.85. The number of hydrogen-bond acceptors (Lipinski definition) is 5. The van der Waals surface area contributed by atoms with Gasteiger partial charge in [-0.1, -0.05) is 17.8 Å². The molecule has 0 aliphatic carbocycles. The van der Waals surface area contributed by atoms with E-state index in [0.29, 0.717) is 5.16 Å². The number of thioether (sulfide) groups is 1. The molecule has 0 aliphatic heterocycles. The minimum Gasteiger partial charge on any atom is -0.323 e. The summed E-state index contributed by atoms with van der Waals surface area (Å²) in [6.07, 6.45) is 0. The number of nitrogens with one attached hydrogen (secondary N) is 1. The van der Waals surface area contributed by atoms with Crippen molar-refractivity contribution in [2.75, 3.05) is 11.1 Å². The molecule has 1 amide bonds. The van der Waals surface area contributed by atoms with Crippen LogP contribution in [0.1, 0.15) is 0 Å². The maximum Gasteiger partial charge on any atom is 0.234 e. The van der Waals surface area contributed by atoms with Gasteiger partial charge in [-0.2, -0.15) is 0 Å². The second-order valence-corrected chi connectivity index (χ2v) is 6.69. The van der Waals surface area contributed by atoms with Gasteiger partial charge in [0, 0.05) is 13.1 Å². The summed E-state index contributed by atoms with van der Waals surface area (Å²) in [6.45, 7) is 0. The van der Waals surface area contributed by atoms with Gasteiger partial charge in [-0.05, 0) is 23.6 Å². The van der Waals surface area contributed by atoms with Crippen LogP contribution in [0.2, 0.25) is 0 Å². The number of rotatable bonds is 5. The standard InChI is InChI=1S/C15H12F2N4OS2/c1-21-14(12-3-2-6-23-12)19-20-15(21)24-8-13(22)18-11-5-4-9(16)7-10(11)17/h2-7H,8H2,1H3,(H,18,22). The van der Waals surface area contributed by atoms with E-state index in [-0.39, 0.29) is 11.4 Å². The highest BCUT2D eigenvalue weighted by atomic mass is 32.2. The Morgan fingerprint density at radius 1 is 1.33 bits per heavy atom. The van der Waals surface area contributed by atoms with Gasteiger partial charge in [0.15, 0.2) is 11.0 Å². The molecule has 5 nitrogen and oxygen atoms in total. The van der Waals surface area contributed by atoms with Crippen molar-refractivity contribution in [2.24, 2.45) is 7.05 Å². The number of carbonyl (C=O) groups is 1. The Labute approximate surface area is 144 Å². The van der Waals surface area contributed by atoms with Gasteiger partial charge in [0.05, 0.1) is 16.3 Å². The summed E-state index contributed by atoms with van der Waals surface area (Å²) in [4.78, 5) is 12.9. The van der Waals surface area contributed by atoms with Crippen molar-refractivity contribution in [1.29, 1.82) is 0 Å². The second kappa shape index (κ2) is 7.10. The van der Waals surface area contributed by atoms with Crippen LogP contribution in [0.25, 0.3) is 10.7 Å². The molecule has 2 heterocycles. The van der Waals surface area contributed by atoms with Crippen LogP contribution in [-0.4, -0.2) is 26.4 Å². The average Bonchev–Trinajstić information content (AvgIpc) is 3.18. The van der Waals surface area contributed by atoms with E-state index in [0.717, 1.165) is 22.8 Å². The Balaban J connectivity index is 1.62. The number of anilines is 1. The van der Waals surface area contributed by atoms with Gasteiger partial charge in [0.2, 0.25) is 5.91 Å². The lowest BCUT2D eigenvalue weighted by molar-refractivity contribution is -0.113. The zero-order valence-electron chi connectivity index (χ0n) is 12.5. The number of nitrogens with zero attached hydrogens (tertiary/aromatic N) is 3. The van der Waals surface area contributed by atoms with Crippen LogP contribution in [0, 0.1) is 11.6 Å². The quantitative estimate of drug-likeness (QED) is 0.702. The summed E-state index contributed by atoms with van der Waals surface area (Å²) in [7, 11) is 1.81. The van der Waals surface area contributed by atoms with E-state index in [4.69, 9.17) is 0 Å². The van der Waals surface area contributed by atoms with Crippen LogP contribution in [0.5, 0.6) is 0 Å².